The van der Waals surface area contributed by atoms with Crippen molar-refractivity contribution < 1.29 is 4.74 Å². The molecule has 144 valence electrons. The van der Waals surface area contributed by atoms with Gasteiger partial charge in [-0.3, -0.25) is 5.01 Å². The molecule has 5 heteroatoms. The molecule has 1 aliphatic carbocycles. The van der Waals surface area contributed by atoms with E-state index in [-0.39, 0.29) is 11.5 Å². The van der Waals surface area contributed by atoms with Crippen molar-refractivity contribution in [1.82, 2.24) is 5.01 Å². The van der Waals surface area contributed by atoms with Crippen LogP contribution in [0.15, 0.2) is 41.5 Å². The first-order chi connectivity index (χ1) is 13.6. The summed E-state index contributed by atoms with van der Waals surface area (Å²) in [6.07, 6.45) is 3.67. The van der Waals surface area contributed by atoms with Crippen LogP contribution in [0.1, 0.15) is 53.5 Å². The predicted octanol–water partition coefficient (Wildman–Crippen LogP) is 4.92. The van der Waals surface area contributed by atoms with Gasteiger partial charge in [0.25, 0.3) is 0 Å². The number of ether oxygens (including phenoxy) is 1. The van der Waals surface area contributed by atoms with E-state index in [1.54, 1.807) is 0 Å². The zero-order valence-corrected chi connectivity index (χ0v) is 17.4. The molecular weight excluding hydrogens is 366 g/mol. The van der Waals surface area contributed by atoms with Crippen molar-refractivity contribution in [3.8, 4) is 11.8 Å². The van der Waals surface area contributed by atoms with Gasteiger partial charge in [-0.05, 0) is 68.0 Å². The molecule has 0 aromatic heterocycles. The molecule has 4 nitrogen and oxygen atoms in total. The highest BCUT2D eigenvalue weighted by molar-refractivity contribution is 8.00. The van der Waals surface area contributed by atoms with Gasteiger partial charge in [0, 0.05) is 18.4 Å². The van der Waals surface area contributed by atoms with E-state index < -0.39 is 0 Å². The van der Waals surface area contributed by atoms with Crippen LogP contribution in [-0.2, 0) is 12.8 Å². The maximum absolute atomic E-state index is 9.50. The van der Waals surface area contributed by atoms with Gasteiger partial charge in [-0.1, -0.05) is 18.2 Å². The van der Waals surface area contributed by atoms with Crippen LogP contribution in [0.25, 0.3) is 0 Å². The maximum atomic E-state index is 9.50. The van der Waals surface area contributed by atoms with Gasteiger partial charge >= 0.3 is 0 Å². The number of aryl methyl sites for hydroxylation is 1. The first-order valence-corrected chi connectivity index (χ1v) is 10.9. The maximum Gasteiger partial charge on any atom is 0.137 e. The predicted molar refractivity (Wildman–Crippen MR) is 115 cm³/mol. The Morgan fingerprint density at radius 3 is 2.86 bits per heavy atom. The van der Waals surface area contributed by atoms with E-state index in [0.717, 1.165) is 17.0 Å². The van der Waals surface area contributed by atoms with E-state index in [9.17, 15) is 5.26 Å². The molecule has 1 atom stereocenters. The van der Waals surface area contributed by atoms with Crippen molar-refractivity contribution in [2.45, 2.75) is 44.6 Å². The molecule has 0 fully saturated rings. The van der Waals surface area contributed by atoms with Gasteiger partial charge in [-0.15, -0.1) is 11.8 Å². The summed E-state index contributed by atoms with van der Waals surface area (Å²) in [5.41, 5.74) is 6.98. The normalized spacial score (nSPS) is 18.6. The standard InChI is InChI=1S/C23H25N3OS/c1-15(2)27-22-11-10-17(12-18(22)13-24)21-14-28-23(26(3)25-21)20-9-5-7-16-6-4-8-19(16)20/h5,7,9-12,15,23H,4,6,8,14H2,1-3H3. The molecule has 1 heterocycles. The molecular formula is C23H25N3OS. The van der Waals surface area contributed by atoms with Gasteiger partial charge in [0.15, 0.2) is 0 Å². The largest absolute Gasteiger partial charge is 0.490 e. The molecule has 0 bridgehead atoms. The summed E-state index contributed by atoms with van der Waals surface area (Å²) in [4.78, 5) is 0. The molecule has 0 saturated carbocycles. The van der Waals surface area contributed by atoms with Crippen LogP contribution in [-0.4, -0.2) is 29.6 Å². The molecule has 1 unspecified atom stereocenters. The first-order valence-electron chi connectivity index (χ1n) is 9.80. The fourth-order valence-electron chi connectivity index (χ4n) is 4.00. The SMILES string of the molecule is CC(C)Oc1ccc(C2=NN(C)C(c3cccc4c3CCC4)SC2)cc1C#N. The number of hydrogen-bond acceptors (Lipinski definition) is 5. The zero-order chi connectivity index (χ0) is 19.7. The van der Waals surface area contributed by atoms with Crippen LogP contribution in [0.3, 0.4) is 0 Å². The number of hydrazone groups is 1. The molecule has 2 aliphatic rings. The number of fused-ring (bicyclic) bond motifs is 1. The number of thioether (sulfide) groups is 1. The quantitative estimate of drug-likeness (QED) is 0.743. The smallest absolute Gasteiger partial charge is 0.137 e. The van der Waals surface area contributed by atoms with Crippen molar-refractivity contribution >= 4 is 17.5 Å². The minimum atomic E-state index is 0.0417. The van der Waals surface area contributed by atoms with Crippen molar-refractivity contribution in [2.24, 2.45) is 5.10 Å². The highest BCUT2D eigenvalue weighted by atomic mass is 32.2. The summed E-state index contributed by atoms with van der Waals surface area (Å²) in [6.45, 7) is 3.93. The Bertz CT molecular complexity index is 961. The molecule has 0 spiro atoms. The average molecular weight is 392 g/mol. The van der Waals surface area contributed by atoms with Crippen molar-refractivity contribution in [2.75, 3.05) is 12.8 Å². The van der Waals surface area contributed by atoms with Crippen LogP contribution in [0, 0.1) is 11.3 Å². The van der Waals surface area contributed by atoms with E-state index in [1.807, 2.05) is 50.9 Å². The monoisotopic (exact) mass is 391 g/mol. The van der Waals surface area contributed by atoms with Crippen LogP contribution >= 0.6 is 11.8 Å². The van der Waals surface area contributed by atoms with Gasteiger partial charge in [-0.25, -0.2) is 0 Å². The van der Waals surface area contributed by atoms with Gasteiger partial charge in [-0.2, -0.15) is 10.4 Å². The van der Waals surface area contributed by atoms with E-state index in [0.29, 0.717) is 11.3 Å². The Morgan fingerprint density at radius 2 is 2.11 bits per heavy atom. The lowest BCUT2D eigenvalue weighted by Crippen LogP contribution is -2.27. The average Bonchev–Trinajstić information content (AvgIpc) is 3.17. The van der Waals surface area contributed by atoms with Gasteiger partial charge in [0.2, 0.25) is 0 Å². The molecule has 1 aliphatic heterocycles. The van der Waals surface area contributed by atoms with Gasteiger partial charge < -0.3 is 4.74 Å². The summed E-state index contributed by atoms with van der Waals surface area (Å²) in [7, 11) is 2.05. The first kappa shape index (κ1) is 18.9. The van der Waals surface area contributed by atoms with Gasteiger partial charge in [0.05, 0.1) is 17.4 Å². The molecule has 2 aromatic rings. The Hall–Kier alpha value is -2.45. The van der Waals surface area contributed by atoms with Crippen LogP contribution in [0.2, 0.25) is 0 Å². The highest BCUT2D eigenvalue weighted by Crippen LogP contribution is 2.40. The second kappa shape index (κ2) is 7.89. The number of nitrogens with zero attached hydrogens (tertiary/aromatic N) is 3. The lowest BCUT2D eigenvalue weighted by molar-refractivity contribution is 0.241. The molecule has 28 heavy (non-hydrogen) atoms. The third-order valence-electron chi connectivity index (χ3n) is 5.24. The van der Waals surface area contributed by atoms with E-state index in [4.69, 9.17) is 9.84 Å². The van der Waals surface area contributed by atoms with Gasteiger partial charge in [0.1, 0.15) is 17.2 Å². The highest BCUT2D eigenvalue weighted by Gasteiger charge is 2.27. The lowest BCUT2D eigenvalue weighted by Gasteiger charge is -2.32. The number of hydrogen-bond donors (Lipinski definition) is 0. The Morgan fingerprint density at radius 1 is 1.25 bits per heavy atom. The third-order valence-corrected chi connectivity index (χ3v) is 6.55. The van der Waals surface area contributed by atoms with Crippen molar-refractivity contribution in [3.63, 3.8) is 0 Å². The number of rotatable bonds is 4. The zero-order valence-electron chi connectivity index (χ0n) is 16.6. The van der Waals surface area contributed by atoms with Crippen LogP contribution in [0.5, 0.6) is 5.75 Å². The minimum Gasteiger partial charge on any atom is -0.490 e. The van der Waals surface area contributed by atoms with E-state index >= 15 is 0 Å². The van der Waals surface area contributed by atoms with Crippen molar-refractivity contribution in [1.29, 1.82) is 5.26 Å². The fraction of sp³-hybridized carbons (Fsp3) is 0.391. The van der Waals surface area contributed by atoms with Crippen LogP contribution < -0.4 is 4.74 Å². The van der Waals surface area contributed by atoms with Crippen LogP contribution in [0.4, 0.5) is 0 Å². The summed E-state index contributed by atoms with van der Waals surface area (Å²) in [6, 6.07) is 14.7. The lowest BCUT2D eigenvalue weighted by atomic mass is 10.0. The van der Waals surface area contributed by atoms with E-state index in [2.05, 4.69) is 29.3 Å². The summed E-state index contributed by atoms with van der Waals surface area (Å²) in [5.74, 6) is 1.46. The summed E-state index contributed by atoms with van der Waals surface area (Å²) in [5, 5.41) is 16.7. The Labute approximate surface area is 171 Å². The number of nitriles is 1. The topological polar surface area (TPSA) is 48.6 Å². The van der Waals surface area contributed by atoms with Crippen molar-refractivity contribution in [3.05, 3.63) is 64.2 Å². The summed E-state index contributed by atoms with van der Waals surface area (Å²) >= 11 is 1.90. The number of benzene rings is 2. The molecule has 0 saturated heterocycles. The molecule has 0 N–H and O–H groups in total. The Balaban J connectivity index is 1.60. The minimum absolute atomic E-state index is 0.0417. The second-order valence-corrected chi connectivity index (χ2v) is 8.68. The Kier molecular flexibility index (Phi) is 5.32. The fourth-order valence-corrected chi connectivity index (χ4v) is 5.21. The molecule has 0 amide bonds. The molecule has 0 radical (unpaired) electrons. The molecule has 4 rings (SSSR count). The third kappa shape index (κ3) is 3.62. The second-order valence-electron chi connectivity index (χ2n) is 7.61. The van der Waals surface area contributed by atoms with E-state index in [1.165, 1.54) is 36.0 Å². The molecule has 2 aromatic carbocycles. The summed E-state index contributed by atoms with van der Waals surface area (Å²) < 4.78 is 5.74.